The molecule has 2 aromatic heterocycles. The number of benzene rings is 2. The zero-order valence-corrected chi connectivity index (χ0v) is 16.5. The van der Waals surface area contributed by atoms with E-state index in [-0.39, 0.29) is 23.6 Å². The predicted octanol–water partition coefficient (Wildman–Crippen LogP) is 4.33. The molecule has 0 unspecified atom stereocenters. The zero-order chi connectivity index (χ0) is 20.7. The van der Waals surface area contributed by atoms with E-state index in [1.807, 2.05) is 10.7 Å². The molecule has 0 saturated heterocycles. The van der Waals surface area contributed by atoms with Crippen molar-refractivity contribution < 1.29 is 18.4 Å². The highest BCUT2D eigenvalue weighted by atomic mass is 19.1. The van der Waals surface area contributed by atoms with Gasteiger partial charge in [-0.3, -0.25) is 4.68 Å². The Bertz CT molecular complexity index is 1200. The van der Waals surface area contributed by atoms with Crippen molar-refractivity contribution in [2.75, 3.05) is 7.11 Å². The van der Waals surface area contributed by atoms with Crippen molar-refractivity contribution in [3.05, 3.63) is 71.2 Å². The molecule has 1 aliphatic heterocycles. The lowest BCUT2D eigenvalue weighted by Gasteiger charge is -2.24. The SMILES string of the molecule is COc1ccc(-c2noc(-c3cc4n(n3)C[C@H](c3ccc(C)cc3)OC4)n2)cc1F. The van der Waals surface area contributed by atoms with E-state index in [0.29, 0.717) is 24.4 Å². The molecule has 2 aromatic carbocycles. The number of methoxy groups -OCH3 is 1. The Morgan fingerprint density at radius 3 is 2.73 bits per heavy atom. The quantitative estimate of drug-likeness (QED) is 0.502. The summed E-state index contributed by atoms with van der Waals surface area (Å²) in [6.45, 7) is 3.10. The average molecular weight is 406 g/mol. The molecule has 0 saturated carbocycles. The maximum atomic E-state index is 14.0. The summed E-state index contributed by atoms with van der Waals surface area (Å²) in [7, 11) is 1.41. The van der Waals surface area contributed by atoms with Gasteiger partial charge in [-0.05, 0) is 36.8 Å². The molecule has 0 radical (unpaired) electrons. The summed E-state index contributed by atoms with van der Waals surface area (Å²) >= 11 is 0. The fourth-order valence-corrected chi connectivity index (χ4v) is 3.46. The fraction of sp³-hybridized carbons (Fsp3) is 0.227. The average Bonchev–Trinajstić information content (AvgIpc) is 3.41. The van der Waals surface area contributed by atoms with Gasteiger partial charge in [-0.15, -0.1) is 0 Å². The van der Waals surface area contributed by atoms with Crippen LogP contribution in [0.5, 0.6) is 5.75 Å². The van der Waals surface area contributed by atoms with Gasteiger partial charge in [0.05, 0.1) is 26.0 Å². The third-order valence-corrected chi connectivity index (χ3v) is 5.14. The monoisotopic (exact) mass is 406 g/mol. The van der Waals surface area contributed by atoms with Crippen LogP contribution in [-0.4, -0.2) is 27.0 Å². The second-order valence-corrected chi connectivity index (χ2v) is 7.19. The molecule has 4 aromatic rings. The first-order valence-electron chi connectivity index (χ1n) is 9.53. The third-order valence-electron chi connectivity index (χ3n) is 5.14. The van der Waals surface area contributed by atoms with Gasteiger partial charge in [0, 0.05) is 5.56 Å². The van der Waals surface area contributed by atoms with Gasteiger partial charge in [0.2, 0.25) is 5.82 Å². The van der Waals surface area contributed by atoms with Crippen LogP contribution < -0.4 is 4.74 Å². The maximum Gasteiger partial charge on any atom is 0.278 e. The highest BCUT2D eigenvalue weighted by Gasteiger charge is 2.24. The van der Waals surface area contributed by atoms with Crippen LogP contribution in [0.25, 0.3) is 23.0 Å². The summed E-state index contributed by atoms with van der Waals surface area (Å²) in [5, 5.41) is 8.57. The van der Waals surface area contributed by atoms with Crippen LogP contribution in [0.1, 0.15) is 22.9 Å². The van der Waals surface area contributed by atoms with Crippen LogP contribution in [0, 0.1) is 12.7 Å². The van der Waals surface area contributed by atoms with Crippen LogP contribution in [0.3, 0.4) is 0 Å². The number of hydrogen-bond donors (Lipinski definition) is 0. The molecule has 0 fully saturated rings. The topological polar surface area (TPSA) is 75.2 Å². The summed E-state index contributed by atoms with van der Waals surface area (Å²) in [5.41, 5.74) is 4.31. The van der Waals surface area contributed by atoms with Gasteiger partial charge in [-0.2, -0.15) is 10.1 Å². The van der Waals surface area contributed by atoms with Crippen LogP contribution in [0.2, 0.25) is 0 Å². The highest BCUT2D eigenvalue weighted by Crippen LogP contribution is 2.30. The van der Waals surface area contributed by atoms with Crippen molar-refractivity contribution in [3.8, 4) is 28.7 Å². The van der Waals surface area contributed by atoms with E-state index < -0.39 is 5.82 Å². The molecule has 1 atom stereocenters. The minimum atomic E-state index is -0.488. The second-order valence-electron chi connectivity index (χ2n) is 7.19. The number of rotatable bonds is 4. The molecule has 30 heavy (non-hydrogen) atoms. The molecule has 0 amide bonds. The lowest BCUT2D eigenvalue weighted by atomic mass is 10.1. The number of ether oxygens (including phenoxy) is 2. The Kier molecular flexibility index (Phi) is 4.55. The first-order chi connectivity index (χ1) is 14.6. The van der Waals surface area contributed by atoms with E-state index in [9.17, 15) is 4.39 Å². The van der Waals surface area contributed by atoms with Gasteiger partial charge in [0.1, 0.15) is 6.10 Å². The molecule has 5 rings (SSSR count). The number of aromatic nitrogens is 4. The molecule has 8 heteroatoms. The molecule has 0 aliphatic carbocycles. The van der Waals surface area contributed by atoms with Crippen molar-refractivity contribution in [1.82, 2.24) is 19.9 Å². The van der Waals surface area contributed by atoms with Crippen molar-refractivity contribution in [3.63, 3.8) is 0 Å². The molecule has 7 nitrogen and oxygen atoms in total. The second kappa shape index (κ2) is 7.38. The predicted molar refractivity (Wildman–Crippen MR) is 106 cm³/mol. The van der Waals surface area contributed by atoms with Crippen LogP contribution in [0.4, 0.5) is 4.39 Å². The van der Waals surface area contributed by atoms with Crippen molar-refractivity contribution in [2.45, 2.75) is 26.2 Å². The van der Waals surface area contributed by atoms with Gasteiger partial charge in [-0.1, -0.05) is 35.0 Å². The van der Waals surface area contributed by atoms with E-state index in [0.717, 1.165) is 11.3 Å². The van der Waals surface area contributed by atoms with E-state index in [2.05, 4.69) is 46.4 Å². The fourth-order valence-electron chi connectivity index (χ4n) is 3.46. The van der Waals surface area contributed by atoms with Crippen molar-refractivity contribution in [2.24, 2.45) is 0 Å². The lowest BCUT2D eigenvalue weighted by Crippen LogP contribution is -2.21. The normalized spacial score (nSPS) is 15.8. The largest absolute Gasteiger partial charge is 0.494 e. The first kappa shape index (κ1) is 18.5. The summed E-state index contributed by atoms with van der Waals surface area (Å²) < 4.78 is 32.2. The summed E-state index contributed by atoms with van der Waals surface area (Å²) in [5.74, 6) is 0.229. The van der Waals surface area contributed by atoms with Gasteiger partial charge >= 0.3 is 0 Å². The van der Waals surface area contributed by atoms with E-state index >= 15 is 0 Å². The summed E-state index contributed by atoms with van der Waals surface area (Å²) in [6.07, 6.45) is -0.0635. The van der Waals surface area contributed by atoms with Crippen molar-refractivity contribution in [1.29, 1.82) is 0 Å². The Hall–Kier alpha value is -3.52. The summed E-state index contributed by atoms with van der Waals surface area (Å²) in [6, 6.07) is 14.7. The maximum absolute atomic E-state index is 14.0. The Labute approximate surface area is 172 Å². The van der Waals surface area contributed by atoms with Crippen LogP contribution >= 0.6 is 0 Å². The molecule has 0 spiro atoms. The molecular formula is C22H19FN4O3. The smallest absolute Gasteiger partial charge is 0.278 e. The number of aryl methyl sites for hydroxylation is 1. The molecule has 0 N–H and O–H groups in total. The van der Waals surface area contributed by atoms with Crippen LogP contribution in [-0.2, 0) is 17.9 Å². The van der Waals surface area contributed by atoms with Gasteiger partial charge in [0.25, 0.3) is 5.89 Å². The van der Waals surface area contributed by atoms with Crippen LogP contribution in [0.15, 0.2) is 53.1 Å². The van der Waals surface area contributed by atoms with Gasteiger partial charge in [0.15, 0.2) is 17.3 Å². The number of halogens is 1. The summed E-state index contributed by atoms with van der Waals surface area (Å²) in [4.78, 5) is 4.38. The minimum absolute atomic E-state index is 0.0635. The Morgan fingerprint density at radius 1 is 1.13 bits per heavy atom. The minimum Gasteiger partial charge on any atom is -0.494 e. The molecule has 0 bridgehead atoms. The lowest BCUT2D eigenvalue weighted by molar-refractivity contribution is -0.00113. The van der Waals surface area contributed by atoms with E-state index in [4.69, 9.17) is 14.0 Å². The molecule has 3 heterocycles. The van der Waals surface area contributed by atoms with Gasteiger partial charge in [-0.25, -0.2) is 4.39 Å². The zero-order valence-electron chi connectivity index (χ0n) is 16.5. The molecule has 152 valence electrons. The van der Waals surface area contributed by atoms with E-state index in [1.54, 1.807) is 6.07 Å². The Morgan fingerprint density at radius 2 is 1.97 bits per heavy atom. The van der Waals surface area contributed by atoms with Crippen molar-refractivity contribution >= 4 is 0 Å². The van der Waals surface area contributed by atoms with E-state index in [1.165, 1.54) is 24.8 Å². The number of fused-ring (bicyclic) bond motifs is 1. The van der Waals surface area contributed by atoms with Gasteiger partial charge < -0.3 is 14.0 Å². The first-order valence-corrected chi connectivity index (χ1v) is 9.53. The number of nitrogens with zero attached hydrogens (tertiary/aromatic N) is 4. The molecule has 1 aliphatic rings. The number of hydrogen-bond acceptors (Lipinski definition) is 6. The highest BCUT2D eigenvalue weighted by molar-refractivity contribution is 5.59. The standard InChI is InChI=1S/C22H19FN4O3/c1-13-3-5-14(6-4-13)20-11-27-16(12-29-20)10-18(25-27)22-24-21(26-30-22)15-7-8-19(28-2)17(23)9-15/h3-10,20H,11-12H2,1-2H3/t20-/m1/s1. The Balaban J connectivity index is 1.38. The molecular weight excluding hydrogens is 387 g/mol. The third kappa shape index (κ3) is 3.35.